The van der Waals surface area contributed by atoms with Crippen LogP contribution in [0, 0.1) is 10.8 Å². The molecule has 0 bridgehead atoms. The maximum atomic E-state index is 13.3. The summed E-state index contributed by atoms with van der Waals surface area (Å²) in [7, 11) is -4.15. The number of phosphoric ester groups is 1. The van der Waals surface area contributed by atoms with Gasteiger partial charge in [0.25, 0.3) is 0 Å². The number of phosphoric acid groups is 1. The molecule has 1 aromatic heterocycles. The monoisotopic (exact) mass is 593 g/mol. The smallest absolute Gasteiger partial charge is 0.469 e. The Morgan fingerprint density at radius 1 is 1.08 bits per heavy atom. The minimum absolute atomic E-state index is 0.0233. The van der Waals surface area contributed by atoms with Crippen LogP contribution in [0.4, 0.5) is 5.82 Å². The number of carbonyl (C=O) groups excluding carboxylic acids is 2. The molecule has 0 radical (unpaired) electrons. The van der Waals surface area contributed by atoms with Crippen molar-refractivity contribution in [3.8, 4) is 0 Å². The summed E-state index contributed by atoms with van der Waals surface area (Å²) in [5, 5.41) is 10.2. The first-order valence-electron chi connectivity index (χ1n) is 11.8. The van der Waals surface area contributed by atoms with Gasteiger partial charge in [-0.2, -0.15) is 4.98 Å². The highest BCUT2D eigenvalue weighted by atomic mass is 32.2. The van der Waals surface area contributed by atoms with Crippen LogP contribution in [0.25, 0.3) is 0 Å². The van der Waals surface area contributed by atoms with Crippen molar-refractivity contribution >= 4 is 47.4 Å². The standard InChI is InChI=1S/C23H36N3O9PS2/c1-22(2,3)19(28)37-11-9-32-36(31,33-10-12-38-20(29)23(4,5)6)34-14-15-13-16(27)18(35-15)26-8-7-17(24)25-21(26)30/h7-8,13,16,18,27H,9-12,14H2,1-6H3,(H2,24,25,30)/t16-,18?/m1/s1. The van der Waals surface area contributed by atoms with E-state index in [0.717, 1.165) is 28.1 Å². The van der Waals surface area contributed by atoms with Crippen molar-refractivity contribution in [1.29, 1.82) is 0 Å². The number of hydrogen-bond acceptors (Lipinski definition) is 13. The van der Waals surface area contributed by atoms with Gasteiger partial charge in [-0.25, -0.2) is 9.36 Å². The van der Waals surface area contributed by atoms with E-state index in [1.54, 1.807) is 41.5 Å². The predicted molar refractivity (Wildman–Crippen MR) is 146 cm³/mol. The molecule has 0 amide bonds. The quantitative estimate of drug-likeness (QED) is 0.267. The van der Waals surface area contributed by atoms with Gasteiger partial charge in [0.1, 0.15) is 24.3 Å². The number of ether oxygens (including phenoxy) is 1. The van der Waals surface area contributed by atoms with Crippen LogP contribution < -0.4 is 11.4 Å². The molecular weight excluding hydrogens is 557 g/mol. The summed E-state index contributed by atoms with van der Waals surface area (Å²) in [6.07, 6.45) is 0.307. The Morgan fingerprint density at radius 3 is 2.08 bits per heavy atom. The van der Waals surface area contributed by atoms with E-state index in [1.165, 1.54) is 18.3 Å². The number of aromatic nitrogens is 2. The highest BCUT2D eigenvalue weighted by Crippen LogP contribution is 2.50. The van der Waals surface area contributed by atoms with E-state index in [-0.39, 0.29) is 46.5 Å². The van der Waals surface area contributed by atoms with Crippen LogP contribution in [0.3, 0.4) is 0 Å². The third-order valence-electron chi connectivity index (χ3n) is 4.77. The molecule has 0 aliphatic carbocycles. The first-order chi connectivity index (χ1) is 17.5. The van der Waals surface area contributed by atoms with Crippen LogP contribution in [0.5, 0.6) is 0 Å². The Morgan fingerprint density at radius 2 is 1.61 bits per heavy atom. The van der Waals surface area contributed by atoms with Gasteiger partial charge < -0.3 is 15.6 Å². The molecule has 0 spiro atoms. The van der Waals surface area contributed by atoms with E-state index in [1.807, 2.05) is 0 Å². The van der Waals surface area contributed by atoms with Crippen molar-refractivity contribution in [2.24, 2.45) is 10.8 Å². The van der Waals surface area contributed by atoms with Gasteiger partial charge >= 0.3 is 13.5 Å². The normalized spacial score (nSPS) is 18.2. The van der Waals surface area contributed by atoms with Crippen molar-refractivity contribution < 1.29 is 37.6 Å². The highest BCUT2D eigenvalue weighted by Gasteiger charge is 2.34. The van der Waals surface area contributed by atoms with Gasteiger partial charge in [-0.15, -0.1) is 0 Å². The van der Waals surface area contributed by atoms with Gasteiger partial charge in [0.05, 0.1) is 13.2 Å². The Balaban J connectivity index is 1.99. The molecule has 1 aliphatic heterocycles. The summed E-state index contributed by atoms with van der Waals surface area (Å²) >= 11 is 2.08. The third kappa shape index (κ3) is 10.1. The Labute approximate surface area is 230 Å². The maximum absolute atomic E-state index is 13.3. The molecule has 1 unspecified atom stereocenters. The lowest BCUT2D eigenvalue weighted by molar-refractivity contribution is -0.118. The second kappa shape index (κ2) is 13.6. The van der Waals surface area contributed by atoms with E-state index in [2.05, 4.69) is 4.98 Å². The Kier molecular flexibility index (Phi) is 11.6. The number of nitrogen functional groups attached to an aromatic ring is 1. The number of aliphatic hydroxyl groups excluding tert-OH is 1. The molecule has 2 heterocycles. The summed E-state index contributed by atoms with van der Waals surface area (Å²) in [5.74, 6) is 0.553. The Hall–Kier alpha value is -1.67. The molecule has 0 fully saturated rings. The molecule has 38 heavy (non-hydrogen) atoms. The van der Waals surface area contributed by atoms with Crippen molar-refractivity contribution in [3.63, 3.8) is 0 Å². The van der Waals surface area contributed by atoms with Crippen LogP contribution in [0.1, 0.15) is 47.8 Å². The maximum Gasteiger partial charge on any atom is 0.475 e. The van der Waals surface area contributed by atoms with Crippen LogP contribution in [-0.2, 0) is 32.5 Å². The van der Waals surface area contributed by atoms with Gasteiger partial charge in [-0.1, -0.05) is 65.1 Å². The number of anilines is 1. The number of rotatable bonds is 12. The van der Waals surface area contributed by atoms with Crippen molar-refractivity contribution in [2.75, 3.05) is 37.1 Å². The molecule has 214 valence electrons. The topological polar surface area (TPSA) is 169 Å². The molecular formula is C23H36N3O9PS2. The summed E-state index contributed by atoms with van der Waals surface area (Å²) in [6, 6.07) is 1.38. The Bertz CT molecular complexity index is 1090. The van der Waals surface area contributed by atoms with Gasteiger partial charge in [-0.3, -0.25) is 27.7 Å². The lowest BCUT2D eigenvalue weighted by Gasteiger charge is -2.21. The molecule has 2 atom stereocenters. The second-order valence-corrected chi connectivity index (χ2v) is 14.1. The van der Waals surface area contributed by atoms with E-state index in [4.69, 9.17) is 24.0 Å². The van der Waals surface area contributed by atoms with Gasteiger partial charge in [0, 0.05) is 28.5 Å². The highest BCUT2D eigenvalue weighted by molar-refractivity contribution is 8.14. The average molecular weight is 594 g/mol. The minimum atomic E-state index is -4.15. The summed E-state index contributed by atoms with van der Waals surface area (Å²) < 4.78 is 36.2. The molecule has 1 aliphatic rings. The van der Waals surface area contributed by atoms with Gasteiger partial charge in [0.2, 0.25) is 6.23 Å². The molecule has 3 N–H and O–H groups in total. The fourth-order valence-electron chi connectivity index (χ4n) is 2.71. The number of carbonyl (C=O) groups is 2. The number of thioether (sulfide) groups is 2. The lowest BCUT2D eigenvalue weighted by Crippen LogP contribution is -2.32. The van der Waals surface area contributed by atoms with Crippen LogP contribution in [-0.4, -0.2) is 62.3 Å². The van der Waals surface area contributed by atoms with Crippen molar-refractivity contribution in [1.82, 2.24) is 9.55 Å². The number of nitrogens with zero attached hydrogens (tertiary/aromatic N) is 2. The molecule has 2 rings (SSSR count). The predicted octanol–water partition coefficient (Wildman–Crippen LogP) is 3.37. The van der Waals surface area contributed by atoms with Crippen molar-refractivity contribution in [2.45, 2.75) is 53.9 Å². The average Bonchev–Trinajstić information content (AvgIpc) is 3.17. The van der Waals surface area contributed by atoms with E-state index < -0.39 is 43.3 Å². The molecule has 15 heteroatoms. The number of aliphatic hydroxyl groups is 1. The fourth-order valence-corrected chi connectivity index (χ4v) is 5.67. The zero-order chi connectivity index (χ0) is 28.7. The van der Waals surface area contributed by atoms with Crippen LogP contribution >= 0.6 is 31.3 Å². The molecule has 1 aromatic rings. The fraction of sp³-hybridized carbons (Fsp3) is 0.652. The van der Waals surface area contributed by atoms with Crippen molar-refractivity contribution in [3.05, 3.63) is 34.6 Å². The molecule has 12 nitrogen and oxygen atoms in total. The van der Waals surface area contributed by atoms with Gasteiger partial charge in [0.15, 0.2) is 10.2 Å². The summed E-state index contributed by atoms with van der Waals surface area (Å²) in [5.41, 5.74) is 3.71. The van der Waals surface area contributed by atoms with E-state index in [9.17, 15) is 24.1 Å². The van der Waals surface area contributed by atoms with Crippen LogP contribution in [0.2, 0.25) is 0 Å². The summed E-state index contributed by atoms with van der Waals surface area (Å²) in [4.78, 5) is 40.0. The first kappa shape index (κ1) is 32.5. The second-order valence-electron chi connectivity index (χ2n) is 10.3. The zero-order valence-corrected chi connectivity index (χ0v) is 24.9. The van der Waals surface area contributed by atoms with Crippen LogP contribution in [0.15, 0.2) is 28.9 Å². The molecule has 0 aromatic carbocycles. The SMILES string of the molecule is CC(C)(C)C(=O)SCCOP(=O)(OCCSC(=O)C(C)(C)C)OCC1=C[C@@H](O)C(n2ccc(N)nc2=O)O1. The zero-order valence-electron chi connectivity index (χ0n) is 22.4. The largest absolute Gasteiger partial charge is 0.475 e. The van der Waals surface area contributed by atoms with E-state index >= 15 is 0 Å². The first-order valence-corrected chi connectivity index (χ1v) is 15.2. The third-order valence-corrected chi connectivity index (χ3v) is 8.70. The number of nitrogens with two attached hydrogens (primary N) is 1. The van der Waals surface area contributed by atoms with Gasteiger partial charge in [-0.05, 0) is 12.1 Å². The molecule has 0 saturated heterocycles. The lowest BCUT2D eigenvalue weighted by atomic mass is 9.99. The minimum Gasteiger partial charge on any atom is -0.469 e. The number of hydrogen-bond donors (Lipinski definition) is 2. The van der Waals surface area contributed by atoms with E-state index in [0.29, 0.717) is 0 Å². The summed E-state index contributed by atoms with van der Waals surface area (Å²) in [6.45, 7) is 10.2. The molecule has 0 saturated carbocycles.